The normalized spacial score (nSPS) is 11.9. The fraction of sp³-hybridized carbons (Fsp3) is 0.400. The molecule has 0 atom stereocenters. The lowest BCUT2D eigenvalue weighted by molar-refractivity contribution is 0.375. The Labute approximate surface area is 123 Å². The van der Waals surface area contributed by atoms with Crippen molar-refractivity contribution in [3.63, 3.8) is 0 Å². The summed E-state index contributed by atoms with van der Waals surface area (Å²) in [7, 11) is -3.68. The van der Waals surface area contributed by atoms with Crippen molar-refractivity contribution >= 4 is 26.0 Å². The monoisotopic (exact) mass is 364 g/mol. The third-order valence-electron chi connectivity index (χ3n) is 2.40. The Morgan fingerprint density at radius 1 is 1.50 bits per heavy atom. The van der Waals surface area contributed by atoms with E-state index in [0.29, 0.717) is 23.9 Å². The first kappa shape index (κ1) is 15.2. The predicted octanol–water partition coefficient (Wildman–Crippen LogP) is 0.713. The van der Waals surface area contributed by atoms with Crippen LogP contribution in [0.25, 0.3) is 0 Å². The third kappa shape index (κ3) is 3.45. The van der Waals surface area contributed by atoms with Crippen molar-refractivity contribution in [3.8, 4) is 0 Å². The molecule has 0 aliphatic carbocycles. The Bertz CT molecular complexity index is 694. The number of nitrogens with two attached hydrogens (primary N) is 1. The molecule has 0 bridgehead atoms. The molecule has 110 valence electrons. The molecule has 0 aliphatic rings. The number of furan rings is 1. The third-order valence-corrected chi connectivity index (χ3v) is 4.72. The van der Waals surface area contributed by atoms with Crippen LogP contribution in [0.5, 0.6) is 0 Å². The number of rotatable bonds is 6. The number of hydrogen-bond donors (Lipinski definition) is 2. The van der Waals surface area contributed by atoms with E-state index in [1.54, 1.807) is 6.92 Å². The summed E-state index contributed by atoms with van der Waals surface area (Å²) in [5, 5.41) is 3.62. The highest BCUT2D eigenvalue weighted by Gasteiger charge is 2.22. The lowest BCUT2D eigenvalue weighted by Crippen LogP contribution is -2.26. The van der Waals surface area contributed by atoms with E-state index >= 15 is 0 Å². The molecular formula is C10H13BrN4O4S. The van der Waals surface area contributed by atoms with Gasteiger partial charge in [0.2, 0.25) is 15.9 Å². The minimum Gasteiger partial charge on any atom is -0.452 e. The van der Waals surface area contributed by atoms with Crippen molar-refractivity contribution in [2.24, 2.45) is 5.73 Å². The highest BCUT2D eigenvalue weighted by Crippen LogP contribution is 2.25. The van der Waals surface area contributed by atoms with Gasteiger partial charge in [-0.05, 0) is 22.9 Å². The van der Waals surface area contributed by atoms with E-state index in [9.17, 15) is 8.42 Å². The van der Waals surface area contributed by atoms with Crippen molar-refractivity contribution in [1.29, 1.82) is 0 Å². The highest BCUT2D eigenvalue weighted by molar-refractivity contribution is 9.10. The summed E-state index contributed by atoms with van der Waals surface area (Å²) in [4.78, 5) is 3.99. The predicted molar refractivity (Wildman–Crippen MR) is 72.2 cm³/mol. The molecule has 0 amide bonds. The number of aromatic nitrogens is 2. The molecule has 0 aromatic carbocycles. The lowest BCUT2D eigenvalue weighted by Gasteiger charge is -2.02. The Morgan fingerprint density at radius 3 is 2.80 bits per heavy atom. The standard InChI is InChI=1S/C10H13BrN4O4S/c1-6-14-9(19-15-6)2-3-13-20(16,17)8-4-7(5-12)18-10(8)11/h4,13H,2-3,5,12H2,1H3. The molecule has 3 N–H and O–H groups in total. The molecule has 10 heteroatoms. The minimum atomic E-state index is -3.68. The summed E-state index contributed by atoms with van der Waals surface area (Å²) in [6.07, 6.45) is 0.305. The topological polar surface area (TPSA) is 124 Å². The Balaban J connectivity index is 2.01. The van der Waals surface area contributed by atoms with E-state index in [2.05, 4.69) is 30.8 Å². The van der Waals surface area contributed by atoms with Crippen LogP contribution < -0.4 is 10.5 Å². The van der Waals surface area contributed by atoms with Crippen LogP contribution in [0.4, 0.5) is 0 Å². The first-order valence-electron chi connectivity index (χ1n) is 5.69. The molecule has 8 nitrogen and oxygen atoms in total. The second-order valence-corrected chi connectivity index (χ2v) is 6.39. The van der Waals surface area contributed by atoms with Crippen molar-refractivity contribution in [2.75, 3.05) is 6.54 Å². The van der Waals surface area contributed by atoms with Crippen LogP contribution in [-0.2, 0) is 23.0 Å². The van der Waals surface area contributed by atoms with Gasteiger partial charge in [-0.25, -0.2) is 13.1 Å². The quantitative estimate of drug-likeness (QED) is 0.773. The molecule has 2 rings (SSSR count). The van der Waals surface area contributed by atoms with Gasteiger partial charge in [0.15, 0.2) is 10.5 Å². The van der Waals surface area contributed by atoms with Crippen LogP contribution in [0.1, 0.15) is 17.5 Å². The van der Waals surface area contributed by atoms with Crippen LogP contribution in [0.15, 0.2) is 24.6 Å². The molecule has 0 radical (unpaired) electrons. The molecule has 0 spiro atoms. The largest absolute Gasteiger partial charge is 0.452 e. The summed E-state index contributed by atoms with van der Waals surface area (Å²) in [5.41, 5.74) is 5.40. The molecule has 0 unspecified atom stereocenters. The molecule has 0 saturated heterocycles. The van der Waals surface area contributed by atoms with Gasteiger partial charge in [0.05, 0.1) is 6.54 Å². The Hall–Kier alpha value is -1.23. The molecule has 0 saturated carbocycles. The molecule has 0 fully saturated rings. The summed E-state index contributed by atoms with van der Waals surface area (Å²) in [6.45, 7) is 1.95. The number of nitrogens with one attached hydrogen (secondary N) is 1. The number of halogens is 1. The average Bonchev–Trinajstić information content (AvgIpc) is 2.95. The molecule has 0 aliphatic heterocycles. The minimum absolute atomic E-state index is 0.0136. The van der Waals surface area contributed by atoms with E-state index in [-0.39, 0.29) is 22.7 Å². The van der Waals surface area contributed by atoms with Crippen molar-refractivity contribution in [3.05, 3.63) is 28.2 Å². The number of sulfonamides is 1. The molecule has 2 heterocycles. The van der Waals surface area contributed by atoms with Crippen LogP contribution in [0.3, 0.4) is 0 Å². The maximum absolute atomic E-state index is 12.1. The molecule has 20 heavy (non-hydrogen) atoms. The van der Waals surface area contributed by atoms with Crippen molar-refractivity contribution < 1.29 is 17.4 Å². The van der Waals surface area contributed by atoms with E-state index in [4.69, 9.17) is 14.7 Å². The van der Waals surface area contributed by atoms with E-state index < -0.39 is 10.0 Å². The first-order valence-corrected chi connectivity index (χ1v) is 7.97. The van der Waals surface area contributed by atoms with Gasteiger partial charge < -0.3 is 14.7 Å². The van der Waals surface area contributed by atoms with Gasteiger partial charge >= 0.3 is 0 Å². The smallest absolute Gasteiger partial charge is 0.244 e. The summed E-state index contributed by atoms with van der Waals surface area (Å²) in [5.74, 6) is 1.26. The lowest BCUT2D eigenvalue weighted by atomic mass is 10.4. The summed E-state index contributed by atoms with van der Waals surface area (Å²) in [6, 6.07) is 1.38. The highest BCUT2D eigenvalue weighted by atomic mass is 79.9. The second-order valence-electron chi connectivity index (χ2n) is 3.94. The van der Waals surface area contributed by atoms with Gasteiger partial charge in [-0.2, -0.15) is 4.98 Å². The van der Waals surface area contributed by atoms with Gasteiger partial charge in [-0.1, -0.05) is 5.16 Å². The maximum atomic E-state index is 12.1. The fourth-order valence-corrected chi connectivity index (χ4v) is 3.52. The zero-order chi connectivity index (χ0) is 14.8. The SMILES string of the molecule is Cc1noc(CCNS(=O)(=O)c2cc(CN)oc2Br)n1. The van der Waals surface area contributed by atoms with Crippen molar-refractivity contribution in [2.45, 2.75) is 24.8 Å². The van der Waals surface area contributed by atoms with Gasteiger partial charge in [0.1, 0.15) is 10.7 Å². The fourth-order valence-electron chi connectivity index (χ4n) is 1.49. The zero-order valence-corrected chi connectivity index (χ0v) is 13.0. The van der Waals surface area contributed by atoms with Crippen LogP contribution in [-0.4, -0.2) is 25.1 Å². The van der Waals surface area contributed by atoms with Crippen LogP contribution >= 0.6 is 15.9 Å². The molecular weight excluding hydrogens is 352 g/mol. The molecule has 2 aromatic heterocycles. The van der Waals surface area contributed by atoms with Gasteiger partial charge in [0.25, 0.3) is 0 Å². The van der Waals surface area contributed by atoms with E-state index in [1.807, 2.05) is 0 Å². The van der Waals surface area contributed by atoms with Gasteiger partial charge in [-0.3, -0.25) is 0 Å². The number of hydrogen-bond acceptors (Lipinski definition) is 7. The first-order chi connectivity index (χ1) is 9.42. The van der Waals surface area contributed by atoms with Crippen LogP contribution in [0, 0.1) is 6.92 Å². The van der Waals surface area contributed by atoms with E-state index in [0.717, 1.165) is 0 Å². The van der Waals surface area contributed by atoms with Gasteiger partial charge in [0, 0.05) is 19.0 Å². The zero-order valence-electron chi connectivity index (χ0n) is 10.6. The Kier molecular flexibility index (Phi) is 4.58. The van der Waals surface area contributed by atoms with Crippen LogP contribution in [0.2, 0.25) is 0 Å². The number of aryl methyl sites for hydroxylation is 1. The summed E-state index contributed by atoms with van der Waals surface area (Å²) < 4.78 is 36.7. The summed E-state index contributed by atoms with van der Waals surface area (Å²) >= 11 is 3.05. The van der Waals surface area contributed by atoms with Crippen molar-refractivity contribution in [1.82, 2.24) is 14.9 Å². The maximum Gasteiger partial charge on any atom is 0.244 e. The molecule has 2 aromatic rings. The number of nitrogens with zero attached hydrogens (tertiary/aromatic N) is 2. The Morgan fingerprint density at radius 2 is 2.25 bits per heavy atom. The van der Waals surface area contributed by atoms with Gasteiger partial charge in [-0.15, -0.1) is 0 Å². The average molecular weight is 365 g/mol. The van der Waals surface area contributed by atoms with E-state index in [1.165, 1.54) is 6.07 Å². The second kappa shape index (κ2) is 6.04.